The fraction of sp³-hybridized carbons (Fsp3) is 0.714. The highest BCUT2D eigenvalue weighted by molar-refractivity contribution is 8.13. The zero-order chi connectivity index (χ0) is 16.2. The molecule has 0 saturated heterocycles. The number of aliphatic hydroxyl groups excluding tert-OH is 2. The predicted molar refractivity (Wildman–Crippen MR) is 85.8 cm³/mol. The average Bonchev–Trinajstić information content (AvgIpc) is 2.48. The molecule has 21 heavy (non-hydrogen) atoms. The normalized spacial score (nSPS) is 10.3. The number of hydroxylamine groups is 1. The maximum atomic E-state index is 8.17. The van der Waals surface area contributed by atoms with Crippen LogP contribution >= 0.6 is 24.2 Å². The third-order valence-corrected chi connectivity index (χ3v) is 1.58. The van der Waals surface area contributed by atoms with E-state index in [-0.39, 0.29) is 44.8 Å². The summed E-state index contributed by atoms with van der Waals surface area (Å²) in [5, 5.41) is 22.6. The highest BCUT2D eigenvalue weighted by atomic mass is 35.5. The van der Waals surface area contributed by atoms with Crippen molar-refractivity contribution < 1.29 is 19.9 Å². The molecule has 0 heterocycles. The van der Waals surface area contributed by atoms with Crippen LogP contribution in [0.25, 0.3) is 0 Å². The van der Waals surface area contributed by atoms with E-state index in [0.29, 0.717) is 5.17 Å². The number of rotatable bonds is 5. The summed E-state index contributed by atoms with van der Waals surface area (Å²) < 4.78 is 0. The van der Waals surface area contributed by atoms with Gasteiger partial charge in [-0.3, -0.25) is 4.84 Å². The van der Waals surface area contributed by atoms with Gasteiger partial charge in [-0.25, -0.2) is 11.4 Å². The molecule has 0 fully saturated rings. The van der Waals surface area contributed by atoms with Gasteiger partial charge in [-0.1, -0.05) is 11.8 Å². The molecule has 0 bridgehead atoms. The molecule has 0 aliphatic carbocycles. The van der Waals surface area contributed by atoms with E-state index in [9.17, 15) is 0 Å². The number of hydrogen-bond acceptors (Lipinski definition) is 10. The minimum Gasteiger partial charge on any atom is -0.394 e. The minimum absolute atomic E-state index is 0. The van der Waals surface area contributed by atoms with Crippen LogP contribution < -0.4 is 34.5 Å². The molecular weight excluding hydrogens is 328 g/mol. The quantitative estimate of drug-likeness (QED) is 0.0795. The highest BCUT2D eigenvalue weighted by Crippen LogP contribution is 1.85. The highest BCUT2D eigenvalue weighted by Gasteiger charge is 1.85. The maximum Gasteiger partial charge on any atom is 0.234 e. The van der Waals surface area contributed by atoms with E-state index in [1.165, 1.54) is 11.8 Å². The summed E-state index contributed by atoms with van der Waals surface area (Å²) in [6.45, 7) is 0.289. The Bertz CT molecular complexity index is 247. The van der Waals surface area contributed by atoms with Crippen molar-refractivity contribution in [1.29, 1.82) is 0 Å². The van der Waals surface area contributed by atoms with Gasteiger partial charge in [-0.2, -0.15) is 5.10 Å². The maximum absolute atomic E-state index is 8.17. The molecule has 14 heteroatoms. The Balaban J connectivity index is -0.000000106. The van der Waals surface area contributed by atoms with Gasteiger partial charge < -0.3 is 38.2 Å². The molecule has 0 aromatic rings. The van der Waals surface area contributed by atoms with Crippen molar-refractivity contribution in [2.24, 2.45) is 39.3 Å². The third kappa shape index (κ3) is 38.1. The van der Waals surface area contributed by atoms with Crippen LogP contribution in [-0.2, 0) is 9.68 Å². The average molecular weight is 353 g/mol. The zero-order valence-electron chi connectivity index (χ0n) is 11.6. The first-order valence-electron chi connectivity index (χ1n) is 5.05. The number of thioether (sulfide) groups is 1. The van der Waals surface area contributed by atoms with Gasteiger partial charge in [0.15, 0.2) is 5.17 Å². The third-order valence-electron chi connectivity index (χ3n) is 1.05. The summed E-state index contributed by atoms with van der Waals surface area (Å²) in [7, 11) is 0. The van der Waals surface area contributed by atoms with E-state index >= 15 is 0 Å². The first-order valence-corrected chi connectivity index (χ1v) is 6.28. The second-order valence-corrected chi connectivity index (χ2v) is 3.28. The monoisotopic (exact) mass is 352 g/mol. The Kier molecular flexibility index (Phi) is 36.3. The van der Waals surface area contributed by atoms with Crippen molar-refractivity contribution in [1.82, 2.24) is 5.48 Å². The molecule has 0 amide bonds. The first-order chi connectivity index (χ1) is 9.53. The summed E-state index contributed by atoms with van der Waals surface area (Å²) in [6, 6.07) is 0. The van der Waals surface area contributed by atoms with Crippen molar-refractivity contribution in [3.8, 4) is 0 Å². The van der Waals surface area contributed by atoms with Gasteiger partial charge in [0.1, 0.15) is 0 Å². The molecule has 0 aromatic heterocycles. The van der Waals surface area contributed by atoms with E-state index < -0.39 is 0 Å². The van der Waals surface area contributed by atoms with Gasteiger partial charge in [0, 0.05) is 0 Å². The number of aliphatic hydroxyl groups is 2. The minimum atomic E-state index is -0.0785. The predicted octanol–water partition coefficient (Wildman–Crippen LogP) is -3.48. The van der Waals surface area contributed by atoms with Crippen molar-refractivity contribution in [2.75, 3.05) is 32.7 Å². The fourth-order valence-electron chi connectivity index (χ4n) is 0.302. The molecular formula is C7H25ClN8O4S. The van der Waals surface area contributed by atoms with Crippen LogP contribution in [0.15, 0.2) is 10.2 Å². The van der Waals surface area contributed by atoms with E-state index in [1.807, 2.05) is 6.26 Å². The molecule has 0 atom stereocenters. The lowest BCUT2D eigenvalue weighted by Gasteiger charge is -2.01. The van der Waals surface area contributed by atoms with Crippen LogP contribution in [-0.4, -0.2) is 54.0 Å². The Hall–Kier alpha value is -1.22. The number of hydrogen-bond donors (Lipinski definition) is 8. The lowest BCUT2D eigenvalue weighted by Crippen LogP contribution is -2.33. The van der Waals surface area contributed by atoms with Crippen LogP contribution in [0, 0.1) is 0 Å². The van der Waals surface area contributed by atoms with Crippen LogP contribution in [0.4, 0.5) is 0 Å². The Labute approximate surface area is 133 Å². The Morgan fingerprint density at radius 3 is 1.86 bits per heavy atom. The molecule has 0 unspecified atom stereocenters. The van der Waals surface area contributed by atoms with E-state index in [1.54, 1.807) is 0 Å². The molecule has 0 aromatic carbocycles. The summed E-state index contributed by atoms with van der Waals surface area (Å²) in [4.78, 5) is 8.44. The summed E-state index contributed by atoms with van der Waals surface area (Å²) in [5.74, 6) is 13.9. The van der Waals surface area contributed by atoms with Gasteiger partial charge >= 0.3 is 0 Å². The lowest BCUT2D eigenvalue weighted by molar-refractivity contribution is 0.0525. The van der Waals surface area contributed by atoms with E-state index in [2.05, 4.69) is 31.3 Å². The summed E-state index contributed by atoms with van der Waals surface area (Å²) in [6.07, 6.45) is 1.81. The van der Waals surface area contributed by atoms with Crippen molar-refractivity contribution in [3.63, 3.8) is 0 Å². The number of nitrogens with one attached hydrogen (secondary N) is 1. The number of nitrogens with two attached hydrogens (primary N) is 5. The number of halogens is 1. The van der Waals surface area contributed by atoms with Crippen molar-refractivity contribution in [3.05, 3.63) is 0 Å². The number of amidine groups is 1. The van der Waals surface area contributed by atoms with Crippen molar-refractivity contribution >= 4 is 35.3 Å². The SMILES string of the molecule is CSC(N)=NN.Cl.NN=C(N)NOCCO.NOCCO. The smallest absolute Gasteiger partial charge is 0.234 e. The molecule has 0 rings (SSSR count). The number of hydrazone groups is 2. The molecule has 0 aliphatic heterocycles. The van der Waals surface area contributed by atoms with Gasteiger partial charge in [-0.05, 0) is 6.26 Å². The first kappa shape index (κ1) is 28.0. The molecule has 0 saturated carbocycles. The second-order valence-electron chi connectivity index (χ2n) is 2.45. The summed E-state index contributed by atoms with van der Waals surface area (Å²) in [5.41, 5.74) is 12.3. The molecule has 130 valence electrons. The van der Waals surface area contributed by atoms with Crippen LogP contribution in [0.3, 0.4) is 0 Å². The molecule has 13 N–H and O–H groups in total. The van der Waals surface area contributed by atoms with Gasteiger partial charge in [0.05, 0.1) is 26.4 Å². The number of guanidine groups is 1. The van der Waals surface area contributed by atoms with Gasteiger partial charge in [0.2, 0.25) is 5.96 Å². The van der Waals surface area contributed by atoms with Crippen LogP contribution in [0.5, 0.6) is 0 Å². The second kappa shape index (κ2) is 27.2. The van der Waals surface area contributed by atoms with Gasteiger partial charge in [0.25, 0.3) is 0 Å². The largest absolute Gasteiger partial charge is 0.394 e. The summed E-state index contributed by atoms with van der Waals surface area (Å²) >= 11 is 1.33. The fourth-order valence-corrected chi connectivity index (χ4v) is 0.408. The topological polar surface area (TPSA) is 226 Å². The zero-order valence-corrected chi connectivity index (χ0v) is 13.3. The Morgan fingerprint density at radius 2 is 1.67 bits per heavy atom. The van der Waals surface area contributed by atoms with Crippen molar-refractivity contribution in [2.45, 2.75) is 0 Å². The van der Waals surface area contributed by atoms with E-state index in [4.69, 9.17) is 33.4 Å². The van der Waals surface area contributed by atoms with Gasteiger partial charge in [-0.15, -0.1) is 17.5 Å². The molecule has 12 nitrogen and oxygen atoms in total. The van der Waals surface area contributed by atoms with E-state index in [0.717, 1.165) is 0 Å². The molecule has 0 aliphatic rings. The van der Waals surface area contributed by atoms with Crippen LogP contribution in [0.2, 0.25) is 0 Å². The lowest BCUT2D eigenvalue weighted by atomic mass is 10.8. The standard InChI is InChI=1S/C3H10N4O2.C2H7N3S.C2H7NO2.ClH/c4-3(6-5)7-9-2-1-8;1-6-2(3)5-4;3-5-2-1-4;/h8H,1-2,5H2,(H3,4,6,7);4H2,1H3,(H2,3,5);4H,1-3H2;1H. The molecule has 0 spiro atoms. The number of nitrogens with zero attached hydrogens (tertiary/aromatic N) is 2. The Morgan fingerprint density at radius 1 is 1.14 bits per heavy atom. The van der Waals surface area contributed by atoms with Crippen LogP contribution in [0.1, 0.15) is 0 Å². The molecule has 0 radical (unpaired) electrons.